The van der Waals surface area contributed by atoms with Crippen LogP contribution in [0.4, 0.5) is 0 Å². The molecule has 0 unspecified atom stereocenters. The van der Waals surface area contributed by atoms with Crippen LogP contribution in [0.2, 0.25) is 6.32 Å². The quantitative estimate of drug-likeness (QED) is 0.390. The lowest BCUT2D eigenvalue weighted by molar-refractivity contribution is 0.00578. The molecule has 5 heteroatoms. The van der Waals surface area contributed by atoms with E-state index >= 15 is 0 Å². The molecule has 0 radical (unpaired) electrons. The highest BCUT2D eigenvalue weighted by atomic mass is 16.7. The van der Waals surface area contributed by atoms with Crippen LogP contribution >= 0.6 is 0 Å². The van der Waals surface area contributed by atoms with Gasteiger partial charge >= 0.3 is 7.12 Å². The molecule has 0 amide bonds. The first kappa shape index (κ1) is 20.8. The Hall–Kier alpha value is -0.545. The van der Waals surface area contributed by atoms with Crippen LogP contribution in [0.15, 0.2) is 5.10 Å². The van der Waals surface area contributed by atoms with Gasteiger partial charge in [-0.2, -0.15) is 5.10 Å². The minimum absolute atomic E-state index is 0.116. The van der Waals surface area contributed by atoms with Crippen molar-refractivity contribution < 1.29 is 9.31 Å². The third kappa shape index (κ3) is 5.00. The Labute approximate surface area is 155 Å². The van der Waals surface area contributed by atoms with Crippen molar-refractivity contribution in [2.45, 2.75) is 91.2 Å². The zero-order valence-corrected chi connectivity index (χ0v) is 17.8. The SMILES string of the molecule is C[C@H](CB1OC(C)(C)C(C)(C)O1)[C@@H](C)/C(=N/N(C)C)C1CCCCC1. The Morgan fingerprint density at radius 1 is 1.04 bits per heavy atom. The fraction of sp³-hybridized carbons (Fsp3) is 0.950. The Bertz CT molecular complexity index is 454. The van der Waals surface area contributed by atoms with Crippen molar-refractivity contribution in [3.8, 4) is 0 Å². The number of nitrogens with zero attached hydrogens (tertiary/aromatic N) is 2. The van der Waals surface area contributed by atoms with Gasteiger partial charge in [0.15, 0.2) is 0 Å². The maximum absolute atomic E-state index is 6.22. The Morgan fingerprint density at radius 3 is 2.04 bits per heavy atom. The molecule has 1 heterocycles. The summed E-state index contributed by atoms with van der Waals surface area (Å²) in [4.78, 5) is 0. The molecule has 2 atom stereocenters. The van der Waals surface area contributed by atoms with E-state index in [0.29, 0.717) is 17.8 Å². The smallest absolute Gasteiger partial charge is 0.403 e. The fourth-order valence-corrected chi connectivity index (χ4v) is 4.03. The second-order valence-electron chi connectivity index (χ2n) is 9.39. The minimum atomic E-state index is -0.245. The standard InChI is InChI=1S/C20H39BN2O2/c1-15(14-21-24-19(3,4)20(5,6)25-21)16(2)18(22-23(7)8)17-12-10-9-11-13-17/h15-17H,9-14H2,1-8H3/b22-18-/t15-,16-/m1/s1. The molecule has 4 nitrogen and oxygen atoms in total. The summed E-state index contributed by atoms with van der Waals surface area (Å²) in [7, 11) is 3.96. The average molecular weight is 350 g/mol. The lowest BCUT2D eigenvalue weighted by Crippen LogP contribution is -2.41. The zero-order chi connectivity index (χ0) is 18.8. The molecule has 2 fully saturated rings. The van der Waals surface area contributed by atoms with Gasteiger partial charge in [-0.1, -0.05) is 33.1 Å². The van der Waals surface area contributed by atoms with Gasteiger partial charge in [0.1, 0.15) is 0 Å². The first-order valence-electron chi connectivity index (χ1n) is 10.1. The number of hydrogen-bond acceptors (Lipinski definition) is 4. The van der Waals surface area contributed by atoms with Crippen LogP contribution in [0.1, 0.15) is 73.6 Å². The van der Waals surface area contributed by atoms with E-state index < -0.39 is 0 Å². The molecule has 0 aromatic carbocycles. The van der Waals surface area contributed by atoms with Crippen LogP contribution in [0.25, 0.3) is 0 Å². The predicted molar refractivity (Wildman–Crippen MR) is 107 cm³/mol. The Morgan fingerprint density at radius 2 is 1.56 bits per heavy atom. The summed E-state index contributed by atoms with van der Waals surface area (Å²) in [5.41, 5.74) is 0.892. The summed E-state index contributed by atoms with van der Waals surface area (Å²) >= 11 is 0. The van der Waals surface area contributed by atoms with Gasteiger partial charge in [-0.15, -0.1) is 0 Å². The normalized spacial score (nSPS) is 26.6. The molecule has 1 saturated heterocycles. The fourth-order valence-electron chi connectivity index (χ4n) is 4.03. The summed E-state index contributed by atoms with van der Waals surface area (Å²) in [6.45, 7) is 13.2. The first-order chi connectivity index (χ1) is 11.5. The van der Waals surface area contributed by atoms with Crippen molar-refractivity contribution in [3.63, 3.8) is 0 Å². The van der Waals surface area contributed by atoms with Crippen LogP contribution in [0.3, 0.4) is 0 Å². The molecule has 2 aliphatic rings. The van der Waals surface area contributed by atoms with E-state index in [9.17, 15) is 0 Å². The monoisotopic (exact) mass is 350 g/mol. The lowest BCUT2D eigenvalue weighted by Gasteiger charge is -2.32. The van der Waals surface area contributed by atoms with Crippen molar-refractivity contribution in [1.82, 2.24) is 5.01 Å². The van der Waals surface area contributed by atoms with Crippen molar-refractivity contribution >= 4 is 12.8 Å². The molecular weight excluding hydrogens is 311 g/mol. The van der Waals surface area contributed by atoms with E-state index in [1.807, 2.05) is 19.1 Å². The molecule has 0 bridgehead atoms. The first-order valence-corrected chi connectivity index (χ1v) is 10.1. The summed E-state index contributed by atoms with van der Waals surface area (Å²) in [6, 6.07) is 0. The van der Waals surface area contributed by atoms with Crippen molar-refractivity contribution in [1.29, 1.82) is 0 Å². The van der Waals surface area contributed by atoms with Gasteiger partial charge in [0.05, 0.1) is 11.2 Å². The summed E-state index contributed by atoms with van der Waals surface area (Å²) in [6.07, 6.45) is 7.57. The van der Waals surface area contributed by atoms with Crippen LogP contribution in [0, 0.1) is 17.8 Å². The second-order valence-corrected chi connectivity index (χ2v) is 9.39. The predicted octanol–water partition coefficient (Wildman–Crippen LogP) is 4.85. The summed E-state index contributed by atoms with van der Waals surface area (Å²) in [5.74, 6) is 1.58. The van der Waals surface area contributed by atoms with Gasteiger partial charge in [-0.05, 0) is 64.6 Å². The van der Waals surface area contributed by atoms with E-state index in [1.165, 1.54) is 37.8 Å². The van der Waals surface area contributed by atoms with E-state index in [-0.39, 0.29) is 18.3 Å². The summed E-state index contributed by atoms with van der Waals surface area (Å²) < 4.78 is 12.4. The highest BCUT2D eigenvalue weighted by Crippen LogP contribution is 2.40. The highest BCUT2D eigenvalue weighted by molar-refractivity contribution is 6.45. The zero-order valence-electron chi connectivity index (χ0n) is 17.8. The van der Waals surface area contributed by atoms with Crippen molar-refractivity contribution in [2.24, 2.45) is 22.9 Å². The molecule has 0 aromatic heterocycles. The molecule has 1 aliphatic heterocycles. The number of hydrazone groups is 1. The van der Waals surface area contributed by atoms with Gasteiger partial charge in [-0.25, -0.2) is 0 Å². The molecule has 0 aromatic rings. The number of hydrogen-bond donors (Lipinski definition) is 0. The Kier molecular flexibility index (Phi) is 6.64. The van der Waals surface area contributed by atoms with Crippen LogP contribution in [0.5, 0.6) is 0 Å². The molecule has 144 valence electrons. The molecule has 1 saturated carbocycles. The van der Waals surface area contributed by atoms with Gasteiger partial charge in [0.2, 0.25) is 0 Å². The second kappa shape index (κ2) is 8.00. The lowest BCUT2D eigenvalue weighted by atomic mass is 9.70. The van der Waals surface area contributed by atoms with Gasteiger partial charge < -0.3 is 14.3 Å². The largest absolute Gasteiger partial charge is 0.458 e. The molecule has 25 heavy (non-hydrogen) atoms. The van der Waals surface area contributed by atoms with Crippen molar-refractivity contribution in [2.75, 3.05) is 14.1 Å². The topological polar surface area (TPSA) is 34.1 Å². The van der Waals surface area contributed by atoms with Gasteiger partial charge in [0, 0.05) is 19.8 Å². The third-order valence-electron chi connectivity index (χ3n) is 6.53. The van der Waals surface area contributed by atoms with E-state index in [1.54, 1.807) is 0 Å². The van der Waals surface area contributed by atoms with Crippen LogP contribution in [-0.4, -0.2) is 43.1 Å². The molecular formula is C20H39BN2O2. The maximum Gasteiger partial charge on any atom is 0.458 e. The van der Waals surface area contributed by atoms with E-state index in [0.717, 1.165) is 6.32 Å². The van der Waals surface area contributed by atoms with Gasteiger partial charge in [0.25, 0.3) is 0 Å². The van der Waals surface area contributed by atoms with E-state index in [2.05, 4.69) is 41.5 Å². The maximum atomic E-state index is 6.22. The third-order valence-corrected chi connectivity index (χ3v) is 6.53. The van der Waals surface area contributed by atoms with Crippen LogP contribution < -0.4 is 0 Å². The molecule has 1 aliphatic carbocycles. The molecule has 0 spiro atoms. The van der Waals surface area contributed by atoms with Crippen LogP contribution in [-0.2, 0) is 9.31 Å². The average Bonchev–Trinajstić information content (AvgIpc) is 2.71. The van der Waals surface area contributed by atoms with E-state index in [4.69, 9.17) is 14.4 Å². The Balaban J connectivity index is 2.04. The van der Waals surface area contributed by atoms with Gasteiger partial charge in [-0.3, -0.25) is 0 Å². The summed E-state index contributed by atoms with van der Waals surface area (Å²) in [5, 5.41) is 6.90. The van der Waals surface area contributed by atoms with Crippen molar-refractivity contribution in [3.05, 3.63) is 0 Å². The minimum Gasteiger partial charge on any atom is -0.403 e. The number of rotatable bonds is 6. The molecule has 2 rings (SSSR count). The highest BCUT2D eigenvalue weighted by Gasteiger charge is 2.51. The molecule has 0 N–H and O–H groups in total.